The number of nitrogens with one attached hydrogen (secondary N) is 1. The number of hydrogen-bond acceptors (Lipinski definition) is 3. The van der Waals surface area contributed by atoms with Crippen LogP contribution in [0.25, 0.3) is 0 Å². The van der Waals surface area contributed by atoms with Crippen molar-refractivity contribution in [3.63, 3.8) is 0 Å². The summed E-state index contributed by atoms with van der Waals surface area (Å²) >= 11 is 0. The van der Waals surface area contributed by atoms with Crippen LogP contribution >= 0.6 is 0 Å². The van der Waals surface area contributed by atoms with Gasteiger partial charge in [-0.2, -0.15) is 0 Å². The first-order valence-electron chi connectivity index (χ1n) is 7.49. The highest BCUT2D eigenvalue weighted by Crippen LogP contribution is 2.20. The van der Waals surface area contributed by atoms with Crippen LogP contribution in [0.3, 0.4) is 0 Å². The lowest BCUT2D eigenvalue weighted by molar-refractivity contribution is 0.0713. The summed E-state index contributed by atoms with van der Waals surface area (Å²) < 4.78 is 18.2. The zero-order valence-corrected chi connectivity index (χ0v) is 12.5. The Bertz CT molecular complexity index is 651. The molecule has 0 bridgehead atoms. The summed E-state index contributed by atoms with van der Waals surface area (Å²) in [6.45, 7) is 3.19. The van der Waals surface area contributed by atoms with E-state index < -0.39 is 0 Å². The van der Waals surface area contributed by atoms with Gasteiger partial charge in [-0.25, -0.2) is 4.39 Å². The van der Waals surface area contributed by atoms with Gasteiger partial charge in [0.25, 0.3) is 5.91 Å². The fourth-order valence-corrected chi connectivity index (χ4v) is 2.84. The maximum atomic E-state index is 12.9. The van der Waals surface area contributed by atoms with Gasteiger partial charge in [-0.3, -0.25) is 4.79 Å². The van der Waals surface area contributed by atoms with Crippen molar-refractivity contribution in [3.8, 4) is 0 Å². The quantitative estimate of drug-likeness (QED) is 0.944. The van der Waals surface area contributed by atoms with Gasteiger partial charge in [0.2, 0.25) is 0 Å². The number of rotatable bonds is 3. The number of anilines is 1. The van der Waals surface area contributed by atoms with Crippen LogP contribution in [0.4, 0.5) is 10.1 Å². The number of halogens is 1. The molecule has 0 spiro atoms. The molecule has 0 radical (unpaired) electrons. The van der Waals surface area contributed by atoms with Gasteiger partial charge < -0.3 is 14.6 Å². The van der Waals surface area contributed by atoms with Crippen molar-refractivity contribution in [2.24, 2.45) is 0 Å². The molecule has 1 saturated heterocycles. The van der Waals surface area contributed by atoms with E-state index in [0.717, 1.165) is 25.1 Å². The molecule has 0 aliphatic carbocycles. The van der Waals surface area contributed by atoms with E-state index in [-0.39, 0.29) is 17.8 Å². The van der Waals surface area contributed by atoms with Gasteiger partial charge in [0.05, 0.1) is 11.8 Å². The van der Waals surface area contributed by atoms with E-state index in [0.29, 0.717) is 17.9 Å². The summed E-state index contributed by atoms with van der Waals surface area (Å²) in [7, 11) is 0. The Morgan fingerprint density at radius 3 is 2.77 bits per heavy atom. The molecule has 1 aromatic carbocycles. The highest BCUT2D eigenvalue weighted by Gasteiger charge is 2.26. The van der Waals surface area contributed by atoms with Gasteiger partial charge in [-0.05, 0) is 50.1 Å². The maximum Gasteiger partial charge on any atom is 0.257 e. The van der Waals surface area contributed by atoms with Crippen molar-refractivity contribution < 1.29 is 13.6 Å². The predicted molar refractivity (Wildman–Crippen MR) is 82.4 cm³/mol. The highest BCUT2D eigenvalue weighted by molar-refractivity contribution is 5.95. The molecule has 22 heavy (non-hydrogen) atoms. The molecule has 2 aromatic rings. The lowest BCUT2D eigenvalue weighted by Crippen LogP contribution is -2.45. The van der Waals surface area contributed by atoms with Crippen LogP contribution in [-0.2, 0) is 0 Å². The maximum absolute atomic E-state index is 12.9. The fourth-order valence-electron chi connectivity index (χ4n) is 2.84. The normalized spacial score (nSPS) is 18.3. The molecule has 1 atom stereocenters. The average Bonchev–Trinajstić information content (AvgIpc) is 2.95. The molecular weight excluding hydrogens is 283 g/mol. The van der Waals surface area contributed by atoms with E-state index in [9.17, 15) is 9.18 Å². The average molecular weight is 302 g/mol. The third-order valence-electron chi connectivity index (χ3n) is 4.01. The number of carbonyl (C=O) groups excluding carboxylic acids is 1. The molecule has 1 N–H and O–H groups in total. The molecule has 3 rings (SSSR count). The summed E-state index contributed by atoms with van der Waals surface area (Å²) in [5, 5.41) is 3.37. The summed E-state index contributed by atoms with van der Waals surface area (Å²) in [5.41, 5.74) is 1.50. The Labute approximate surface area is 128 Å². The topological polar surface area (TPSA) is 45.5 Å². The minimum Gasteiger partial charge on any atom is -0.469 e. The number of furan rings is 1. The van der Waals surface area contributed by atoms with Crippen molar-refractivity contribution in [2.75, 3.05) is 18.4 Å². The number of carbonyl (C=O) groups is 1. The second-order valence-corrected chi connectivity index (χ2v) is 5.63. The van der Waals surface area contributed by atoms with Gasteiger partial charge in [0.1, 0.15) is 11.6 Å². The first-order valence-corrected chi connectivity index (χ1v) is 7.49. The summed E-state index contributed by atoms with van der Waals surface area (Å²) in [6, 6.07) is 8.20. The molecule has 1 aliphatic rings. The number of piperidine rings is 1. The number of benzene rings is 1. The second-order valence-electron chi connectivity index (χ2n) is 5.63. The molecular formula is C17H19FN2O2. The second kappa shape index (κ2) is 6.22. The Morgan fingerprint density at radius 2 is 2.09 bits per heavy atom. The number of aryl methyl sites for hydroxylation is 1. The Hall–Kier alpha value is -2.30. The van der Waals surface area contributed by atoms with E-state index in [1.807, 2.05) is 4.90 Å². The molecule has 2 heterocycles. The first kappa shape index (κ1) is 14.6. The zero-order chi connectivity index (χ0) is 15.5. The van der Waals surface area contributed by atoms with E-state index in [1.54, 1.807) is 31.4 Å². The van der Waals surface area contributed by atoms with E-state index in [1.165, 1.54) is 12.1 Å². The number of amides is 1. The van der Waals surface area contributed by atoms with Crippen LogP contribution in [-0.4, -0.2) is 29.9 Å². The molecule has 1 aromatic heterocycles. The van der Waals surface area contributed by atoms with Gasteiger partial charge in [0.15, 0.2) is 0 Å². The van der Waals surface area contributed by atoms with Crippen molar-refractivity contribution >= 4 is 11.6 Å². The van der Waals surface area contributed by atoms with Crippen LogP contribution in [0, 0.1) is 12.7 Å². The standard InChI is InChI=1S/C17H19FN2O2/c1-12-16(8-10-22-12)17(21)20-9-2-3-15(11-20)19-14-6-4-13(18)5-7-14/h4-8,10,15,19H,2-3,9,11H2,1H3/t15-/m1/s1. The van der Waals surface area contributed by atoms with Gasteiger partial charge in [0, 0.05) is 24.8 Å². The SMILES string of the molecule is Cc1occc1C(=O)N1CCC[C@@H](Nc2ccc(F)cc2)C1. The Kier molecular flexibility index (Phi) is 4.13. The predicted octanol–water partition coefficient (Wildman–Crippen LogP) is 3.44. The molecule has 1 amide bonds. The largest absolute Gasteiger partial charge is 0.469 e. The summed E-state index contributed by atoms with van der Waals surface area (Å²) in [5.74, 6) is 0.414. The van der Waals surface area contributed by atoms with Crippen LogP contribution in [0.1, 0.15) is 29.0 Å². The van der Waals surface area contributed by atoms with Crippen molar-refractivity contribution in [3.05, 3.63) is 53.7 Å². The van der Waals surface area contributed by atoms with E-state index in [2.05, 4.69) is 5.32 Å². The first-order chi connectivity index (χ1) is 10.6. The molecule has 1 fully saturated rings. The van der Waals surface area contributed by atoms with E-state index in [4.69, 9.17) is 4.42 Å². The van der Waals surface area contributed by atoms with Gasteiger partial charge in [-0.15, -0.1) is 0 Å². The van der Waals surface area contributed by atoms with Crippen molar-refractivity contribution in [1.82, 2.24) is 4.90 Å². The highest BCUT2D eigenvalue weighted by atomic mass is 19.1. The molecule has 116 valence electrons. The summed E-state index contributed by atoms with van der Waals surface area (Å²) in [4.78, 5) is 14.4. The molecule has 0 unspecified atom stereocenters. The van der Waals surface area contributed by atoms with E-state index >= 15 is 0 Å². The van der Waals surface area contributed by atoms with Crippen LogP contribution in [0.15, 0.2) is 41.0 Å². The monoisotopic (exact) mass is 302 g/mol. The molecule has 5 heteroatoms. The third kappa shape index (κ3) is 3.13. The fraction of sp³-hybridized carbons (Fsp3) is 0.353. The smallest absolute Gasteiger partial charge is 0.257 e. The minimum atomic E-state index is -0.249. The van der Waals surface area contributed by atoms with Crippen LogP contribution in [0.5, 0.6) is 0 Å². The minimum absolute atomic E-state index is 0.0110. The Balaban J connectivity index is 1.65. The molecule has 0 saturated carbocycles. The summed E-state index contributed by atoms with van der Waals surface area (Å²) in [6.07, 6.45) is 3.48. The van der Waals surface area contributed by atoms with Crippen LogP contribution in [0.2, 0.25) is 0 Å². The Morgan fingerprint density at radius 1 is 1.32 bits per heavy atom. The lowest BCUT2D eigenvalue weighted by Gasteiger charge is -2.33. The van der Waals surface area contributed by atoms with Crippen molar-refractivity contribution in [2.45, 2.75) is 25.8 Å². The molecule has 1 aliphatic heterocycles. The van der Waals surface area contributed by atoms with Crippen LogP contribution < -0.4 is 5.32 Å². The number of likely N-dealkylation sites (tertiary alicyclic amines) is 1. The van der Waals surface area contributed by atoms with Gasteiger partial charge >= 0.3 is 0 Å². The van der Waals surface area contributed by atoms with Crippen molar-refractivity contribution in [1.29, 1.82) is 0 Å². The third-order valence-corrected chi connectivity index (χ3v) is 4.01. The lowest BCUT2D eigenvalue weighted by atomic mass is 10.0. The number of nitrogens with zero attached hydrogens (tertiary/aromatic N) is 1. The molecule has 4 nitrogen and oxygen atoms in total. The number of hydrogen-bond donors (Lipinski definition) is 1. The zero-order valence-electron chi connectivity index (χ0n) is 12.5. The van der Waals surface area contributed by atoms with Gasteiger partial charge in [-0.1, -0.05) is 0 Å².